The van der Waals surface area contributed by atoms with Gasteiger partial charge in [0.25, 0.3) is 0 Å². The lowest BCUT2D eigenvalue weighted by Crippen LogP contribution is -1.96. The van der Waals surface area contributed by atoms with E-state index in [1.54, 1.807) is 0 Å². The molecule has 0 N–H and O–H groups in total. The van der Waals surface area contributed by atoms with Crippen LogP contribution in [0.1, 0.15) is 11.1 Å². The topological polar surface area (TPSA) is 25.8 Å². The first-order valence-corrected chi connectivity index (χ1v) is 19.6. The second-order valence-corrected chi connectivity index (χ2v) is 15.0. The van der Waals surface area contributed by atoms with Crippen LogP contribution in [0.4, 0.5) is 0 Å². The summed E-state index contributed by atoms with van der Waals surface area (Å²) in [5.74, 6) is 0.711. The molecule has 0 spiro atoms. The SMILES string of the molecule is c1ccc(-c2nc(-c3ccc(-c4ccc(-c5ccc6c(c5)-c5ccccc5C6)cc4)cc3)cc(-c3ccc(-c4cc5ccccc5c5ccccc45)cc3)n2)cc1. The largest absolute Gasteiger partial charge is 0.228 e. The Labute approximate surface area is 332 Å². The van der Waals surface area contributed by atoms with Crippen molar-refractivity contribution in [3.05, 3.63) is 217 Å². The lowest BCUT2D eigenvalue weighted by molar-refractivity contribution is 1.18. The van der Waals surface area contributed by atoms with Crippen molar-refractivity contribution in [3.63, 3.8) is 0 Å². The van der Waals surface area contributed by atoms with Crippen LogP contribution in [-0.4, -0.2) is 9.97 Å². The van der Waals surface area contributed by atoms with E-state index in [-0.39, 0.29) is 0 Å². The average molecular weight is 725 g/mol. The summed E-state index contributed by atoms with van der Waals surface area (Å²) in [5, 5.41) is 5.04. The Morgan fingerprint density at radius 2 is 0.789 bits per heavy atom. The predicted molar refractivity (Wildman–Crippen MR) is 238 cm³/mol. The first kappa shape index (κ1) is 33.0. The first-order valence-electron chi connectivity index (χ1n) is 19.6. The summed E-state index contributed by atoms with van der Waals surface area (Å²) in [5.41, 5.74) is 17.7. The van der Waals surface area contributed by atoms with Crippen LogP contribution in [0.5, 0.6) is 0 Å². The molecule has 2 nitrogen and oxygen atoms in total. The van der Waals surface area contributed by atoms with Crippen molar-refractivity contribution in [2.45, 2.75) is 6.42 Å². The minimum atomic E-state index is 0.711. The van der Waals surface area contributed by atoms with E-state index >= 15 is 0 Å². The minimum Gasteiger partial charge on any atom is -0.228 e. The first-order chi connectivity index (χ1) is 28.2. The van der Waals surface area contributed by atoms with Gasteiger partial charge in [-0.2, -0.15) is 0 Å². The number of hydrogen-bond acceptors (Lipinski definition) is 2. The van der Waals surface area contributed by atoms with Crippen LogP contribution in [-0.2, 0) is 6.42 Å². The van der Waals surface area contributed by atoms with Gasteiger partial charge < -0.3 is 0 Å². The van der Waals surface area contributed by atoms with Gasteiger partial charge in [-0.15, -0.1) is 0 Å². The van der Waals surface area contributed by atoms with E-state index in [2.05, 4.69) is 188 Å². The van der Waals surface area contributed by atoms with Crippen molar-refractivity contribution in [1.29, 1.82) is 0 Å². The Hall–Kier alpha value is -7.42. The van der Waals surface area contributed by atoms with Gasteiger partial charge in [-0.05, 0) is 102 Å². The highest BCUT2D eigenvalue weighted by molar-refractivity contribution is 6.13. The zero-order chi connectivity index (χ0) is 37.7. The maximum absolute atomic E-state index is 5.11. The number of nitrogens with zero attached hydrogens (tertiary/aromatic N) is 2. The van der Waals surface area contributed by atoms with Gasteiger partial charge in [0.05, 0.1) is 11.4 Å². The van der Waals surface area contributed by atoms with Crippen LogP contribution in [0.25, 0.3) is 100.0 Å². The molecular weight excluding hydrogens is 689 g/mol. The molecule has 0 saturated carbocycles. The molecule has 0 fully saturated rings. The fourth-order valence-electron chi connectivity index (χ4n) is 8.56. The van der Waals surface area contributed by atoms with E-state index in [0.29, 0.717) is 5.82 Å². The fraction of sp³-hybridized carbons (Fsp3) is 0.0182. The van der Waals surface area contributed by atoms with Gasteiger partial charge in [-0.1, -0.05) is 188 Å². The molecule has 0 radical (unpaired) electrons. The molecule has 2 heteroatoms. The average Bonchev–Trinajstić information content (AvgIpc) is 3.67. The highest BCUT2D eigenvalue weighted by atomic mass is 14.9. The van der Waals surface area contributed by atoms with Crippen molar-refractivity contribution in [2.24, 2.45) is 0 Å². The van der Waals surface area contributed by atoms with Crippen LogP contribution in [0.2, 0.25) is 0 Å². The van der Waals surface area contributed by atoms with Crippen molar-refractivity contribution >= 4 is 21.5 Å². The van der Waals surface area contributed by atoms with Gasteiger partial charge in [-0.25, -0.2) is 9.97 Å². The number of rotatable bonds is 6. The molecule has 0 atom stereocenters. The predicted octanol–water partition coefficient (Wildman–Crippen LogP) is 14.4. The van der Waals surface area contributed by atoms with Crippen LogP contribution in [0, 0.1) is 0 Å². The molecule has 0 aliphatic heterocycles. The van der Waals surface area contributed by atoms with Crippen LogP contribution in [0.15, 0.2) is 206 Å². The lowest BCUT2D eigenvalue weighted by atomic mass is 9.92. The molecule has 0 unspecified atom stereocenters. The Morgan fingerprint density at radius 1 is 0.281 bits per heavy atom. The van der Waals surface area contributed by atoms with Crippen molar-refractivity contribution < 1.29 is 0 Å². The quantitative estimate of drug-likeness (QED) is 0.160. The fourth-order valence-corrected chi connectivity index (χ4v) is 8.56. The molecule has 57 heavy (non-hydrogen) atoms. The van der Waals surface area contributed by atoms with E-state index < -0.39 is 0 Å². The van der Waals surface area contributed by atoms with Crippen molar-refractivity contribution in [3.8, 4) is 78.4 Å². The Kier molecular flexibility index (Phi) is 7.93. The third-order valence-corrected chi connectivity index (χ3v) is 11.5. The summed E-state index contributed by atoms with van der Waals surface area (Å²) in [6.07, 6.45) is 1.02. The van der Waals surface area contributed by atoms with E-state index in [1.807, 2.05) is 18.2 Å². The van der Waals surface area contributed by atoms with E-state index in [9.17, 15) is 0 Å². The maximum atomic E-state index is 5.11. The number of benzene rings is 9. The molecule has 266 valence electrons. The Balaban J connectivity index is 0.907. The van der Waals surface area contributed by atoms with E-state index in [4.69, 9.17) is 9.97 Å². The summed E-state index contributed by atoms with van der Waals surface area (Å²) < 4.78 is 0. The molecule has 0 bridgehead atoms. The molecule has 10 aromatic rings. The molecule has 0 saturated heterocycles. The smallest absolute Gasteiger partial charge is 0.160 e. The summed E-state index contributed by atoms with van der Waals surface area (Å²) in [4.78, 5) is 10.2. The highest BCUT2D eigenvalue weighted by Crippen LogP contribution is 2.40. The summed E-state index contributed by atoms with van der Waals surface area (Å²) in [7, 11) is 0. The number of fused-ring (bicyclic) bond motifs is 6. The Bertz CT molecular complexity index is 3110. The minimum absolute atomic E-state index is 0.711. The second kappa shape index (κ2) is 13.7. The van der Waals surface area contributed by atoms with Gasteiger partial charge in [0.2, 0.25) is 0 Å². The van der Waals surface area contributed by atoms with Gasteiger partial charge in [-0.3, -0.25) is 0 Å². The van der Waals surface area contributed by atoms with E-state index in [1.165, 1.54) is 77.2 Å². The summed E-state index contributed by atoms with van der Waals surface area (Å²) in [6, 6.07) is 74.2. The molecule has 9 aromatic carbocycles. The summed E-state index contributed by atoms with van der Waals surface area (Å²) in [6.45, 7) is 0. The van der Waals surface area contributed by atoms with E-state index in [0.717, 1.165) is 34.5 Å². The molecule has 1 heterocycles. The van der Waals surface area contributed by atoms with Crippen LogP contribution in [0.3, 0.4) is 0 Å². The van der Waals surface area contributed by atoms with Crippen LogP contribution < -0.4 is 0 Å². The second-order valence-electron chi connectivity index (χ2n) is 15.0. The summed E-state index contributed by atoms with van der Waals surface area (Å²) >= 11 is 0. The zero-order valence-electron chi connectivity index (χ0n) is 31.2. The van der Waals surface area contributed by atoms with Gasteiger partial charge in [0.1, 0.15) is 0 Å². The van der Waals surface area contributed by atoms with Crippen molar-refractivity contribution in [2.75, 3.05) is 0 Å². The third kappa shape index (κ3) is 6.00. The molecule has 1 aromatic heterocycles. The zero-order valence-corrected chi connectivity index (χ0v) is 31.2. The lowest BCUT2D eigenvalue weighted by Gasteiger charge is -2.13. The molecule has 11 rings (SSSR count). The standard InChI is InChI=1S/C55H36N2/c1-2-10-42(11-3-1)55-56-53(35-54(57-55)41-28-24-39(25-29-41)51-34-45-13-5-6-14-47(45)49-16-8-9-17-50(49)51)40-26-22-37(23-27-40)36-18-20-38(21-19-36)43-30-31-46-32-44-12-4-7-15-48(44)52(46)33-43/h1-31,33-35H,32H2. The van der Waals surface area contributed by atoms with Crippen LogP contribution >= 0.6 is 0 Å². The molecule has 0 amide bonds. The monoisotopic (exact) mass is 724 g/mol. The van der Waals surface area contributed by atoms with Crippen molar-refractivity contribution in [1.82, 2.24) is 9.97 Å². The third-order valence-electron chi connectivity index (χ3n) is 11.5. The molecule has 1 aliphatic rings. The number of hydrogen-bond donors (Lipinski definition) is 0. The van der Waals surface area contributed by atoms with Gasteiger partial charge in [0.15, 0.2) is 5.82 Å². The molecule has 1 aliphatic carbocycles. The highest BCUT2D eigenvalue weighted by Gasteiger charge is 2.18. The number of aromatic nitrogens is 2. The Morgan fingerprint density at radius 3 is 1.49 bits per heavy atom. The van der Waals surface area contributed by atoms with Gasteiger partial charge in [0, 0.05) is 16.7 Å². The normalized spacial score (nSPS) is 11.8. The maximum Gasteiger partial charge on any atom is 0.160 e. The molecular formula is C55H36N2. The van der Waals surface area contributed by atoms with Gasteiger partial charge >= 0.3 is 0 Å².